The molecule has 0 aliphatic rings. The molecule has 1 heterocycles. The van der Waals surface area contributed by atoms with E-state index in [1.807, 2.05) is 12.4 Å². The predicted octanol–water partition coefficient (Wildman–Crippen LogP) is 2.76. The minimum absolute atomic E-state index is 0.286. The lowest BCUT2D eigenvalue weighted by atomic mass is 10.3. The first-order valence-electron chi connectivity index (χ1n) is 6.65. The number of hydrogen-bond donors (Lipinski definition) is 1. The van der Waals surface area contributed by atoms with Crippen LogP contribution < -0.4 is 10.2 Å². The second-order valence-corrected chi connectivity index (χ2v) is 4.70. The van der Waals surface area contributed by atoms with Crippen molar-refractivity contribution in [1.29, 1.82) is 0 Å². The zero-order valence-corrected chi connectivity index (χ0v) is 11.9. The molecule has 1 rings (SSSR count). The molecule has 0 saturated heterocycles. The lowest BCUT2D eigenvalue weighted by Crippen LogP contribution is -2.24. The highest BCUT2D eigenvalue weighted by molar-refractivity contribution is 5.55. The maximum absolute atomic E-state index is 5.55. The van der Waals surface area contributed by atoms with Crippen molar-refractivity contribution in [2.24, 2.45) is 0 Å². The maximum Gasteiger partial charge on any atom is 0.0644 e. The summed E-state index contributed by atoms with van der Waals surface area (Å²) < 4.78 is 5.55. The van der Waals surface area contributed by atoms with Crippen LogP contribution in [0.5, 0.6) is 0 Å². The summed E-state index contributed by atoms with van der Waals surface area (Å²) in [6.45, 7) is 8.84. The van der Waals surface area contributed by atoms with Crippen molar-refractivity contribution >= 4 is 11.4 Å². The van der Waals surface area contributed by atoms with E-state index in [1.54, 1.807) is 0 Å². The van der Waals surface area contributed by atoms with Crippen LogP contribution >= 0.6 is 0 Å². The fourth-order valence-electron chi connectivity index (χ4n) is 1.56. The summed E-state index contributed by atoms with van der Waals surface area (Å²) in [7, 11) is 2.06. The van der Waals surface area contributed by atoms with Gasteiger partial charge in [-0.3, -0.25) is 4.98 Å². The molecule has 1 aromatic heterocycles. The van der Waals surface area contributed by atoms with Crippen LogP contribution in [0.2, 0.25) is 0 Å². The number of hydrogen-bond acceptors (Lipinski definition) is 4. The van der Waals surface area contributed by atoms with E-state index >= 15 is 0 Å². The zero-order chi connectivity index (χ0) is 13.4. The number of aromatic nitrogens is 1. The van der Waals surface area contributed by atoms with Gasteiger partial charge in [-0.15, -0.1) is 0 Å². The van der Waals surface area contributed by atoms with Crippen molar-refractivity contribution in [2.45, 2.75) is 33.3 Å². The van der Waals surface area contributed by atoms with E-state index in [0.717, 1.165) is 37.5 Å². The van der Waals surface area contributed by atoms with Crippen LogP contribution in [0.1, 0.15) is 27.2 Å². The number of rotatable bonds is 8. The van der Waals surface area contributed by atoms with E-state index in [1.165, 1.54) is 0 Å². The summed E-state index contributed by atoms with van der Waals surface area (Å²) in [4.78, 5) is 6.42. The van der Waals surface area contributed by atoms with E-state index in [-0.39, 0.29) is 6.10 Å². The molecule has 4 heteroatoms. The van der Waals surface area contributed by atoms with E-state index in [4.69, 9.17) is 4.74 Å². The minimum atomic E-state index is 0.286. The van der Waals surface area contributed by atoms with Gasteiger partial charge >= 0.3 is 0 Å². The number of ether oxygens (including phenoxy) is 1. The molecule has 0 aliphatic carbocycles. The standard InChI is InChI=1S/C14H25N3O/c1-5-6-16-13-9-14(11-15-10-13)17(4)7-8-18-12(2)3/h9-12,16H,5-8H2,1-4H3. The lowest BCUT2D eigenvalue weighted by molar-refractivity contribution is 0.0846. The Hall–Kier alpha value is -1.29. The van der Waals surface area contributed by atoms with E-state index in [2.05, 4.69) is 49.1 Å². The maximum atomic E-state index is 5.55. The third-order valence-corrected chi connectivity index (χ3v) is 2.62. The molecule has 0 bridgehead atoms. The van der Waals surface area contributed by atoms with E-state index in [9.17, 15) is 0 Å². The Labute approximate surface area is 110 Å². The first-order chi connectivity index (χ1) is 8.63. The highest BCUT2D eigenvalue weighted by Crippen LogP contribution is 2.16. The molecule has 0 unspecified atom stereocenters. The first kappa shape index (κ1) is 14.8. The Kier molecular flexibility index (Phi) is 6.50. The molecule has 102 valence electrons. The Morgan fingerprint density at radius 3 is 2.83 bits per heavy atom. The SMILES string of the molecule is CCCNc1cncc(N(C)CCOC(C)C)c1. The van der Waals surface area contributed by atoms with Crippen LogP contribution in [-0.4, -0.2) is 37.8 Å². The quantitative estimate of drug-likeness (QED) is 0.771. The van der Waals surface area contributed by atoms with Gasteiger partial charge in [0.25, 0.3) is 0 Å². The molecule has 0 aromatic carbocycles. The average molecular weight is 251 g/mol. The van der Waals surface area contributed by atoms with Gasteiger partial charge in [0.05, 0.1) is 36.5 Å². The largest absolute Gasteiger partial charge is 0.384 e. The number of likely N-dealkylation sites (N-methyl/N-ethyl adjacent to an activating group) is 1. The zero-order valence-electron chi connectivity index (χ0n) is 11.9. The van der Waals surface area contributed by atoms with Gasteiger partial charge in [-0.2, -0.15) is 0 Å². The van der Waals surface area contributed by atoms with Gasteiger partial charge < -0.3 is 15.0 Å². The third-order valence-electron chi connectivity index (χ3n) is 2.62. The molecule has 18 heavy (non-hydrogen) atoms. The molecule has 0 saturated carbocycles. The normalized spacial score (nSPS) is 10.7. The van der Waals surface area contributed by atoms with Gasteiger partial charge in [0.15, 0.2) is 0 Å². The smallest absolute Gasteiger partial charge is 0.0644 e. The highest BCUT2D eigenvalue weighted by Gasteiger charge is 2.03. The highest BCUT2D eigenvalue weighted by atomic mass is 16.5. The minimum Gasteiger partial charge on any atom is -0.384 e. The summed E-state index contributed by atoms with van der Waals surface area (Å²) in [5, 5.41) is 3.34. The number of pyridine rings is 1. The average Bonchev–Trinajstić information content (AvgIpc) is 2.36. The molecule has 0 radical (unpaired) electrons. The Morgan fingerprint density at radius 1 is 1.39 bits per heavy atom. The Bertz CT molecular complexity index is 342. The van der Waals surface area contributed by atoms with Crippen LogP contribution in [0, 0.1) is 0 Å². The summed E-state index contributed by atoms with van der Waals surface area (Å²) >= 11 is 0. The van der Waals surface area contributed by atoms with Gasteiger partial charge in [0.2, 0.25) is 0 Å². The predicted molar refractivity (Wildman–Crippen MR) is 77.4 cm³/mol. The second kappa shape index (κ2) is 7.93. The van der Waals surface area contributed by atoms with E-state index < -0.39 is 0 Å². The van der Waals surface area contributed by atoms with Crippen LogP contribution in [0.15, 0.2) is 18.5 Å². The molecule has 1 aromatic rings. The van der Waals surface area contributed by atoms with Crippen LogP contribution in [0.25, 0.3) is 0 Å². The van der Waals surface area contributed by atoms with Crippen molar-refractivity contribution in [1.82, 2.24) is 4.98 Å². The summed E-state index contributed by atoms with van der Waals surface area (Å²) in [6, 6.07) is 2.12. The van der Waals surface area contributed by atoms with Crippen molar-refractivity contribution in [3.8, 4) is 0 Å². The first-order valence-corrected chi connectivity index (χ1v) is 6.65. The fraction of sp³-hybridized carbons (Fsp3) is 0.643. The summed E-state index contributed by atoms with van der Waals surface area (Å²) in [6.07, 6.45) is 5.14. The topological polar surface area (TPSA) is 37.4 Å². The fourth-order valence-corrected chi connectivity index (χ4v) is 1.56. The molecular weight excluding hydrogens is 226 g/mol. The van der Waals surface area contributed by atoms with Gasteiger partial charge in [-0.05, 0) is 26.3 Å². The monoisotopic (exact) mass is 251 g/mol. The Morgan fingerprint density at radius 2 is 2.17 bits per heavy atom. The van der Waals surface area contributed by atoms with Crippen LogP contribution in [-0.2, 0) is 4.74 Å². The number of nitrogens with one attached hydrogen (secondary N) is 1. The Balaban J connectivity index is 2.48. The number of nitrogens with zero attached hydrogens (tertiary/aromatic N) is 2. The van der Waals surface area contributed by atoms with E-state index in [0.29, 0.717) is 0 Å². The van der Waals surface area contributed by atoms with Gasteiger partial charge in [-0.25, -0.2) is 0 Å². The molecule has 0 fully saturated rings. The van der Waals surface area contributed by atoms with Crippen LogP contribution in [0.3, 0.4) is 0 Å². The van der Waals surface area contributed by atoms with Crippen molar-refractivity contribution < 1.29 is 4.74 Å². The molecule has 0 spiro atoms. The molecule has 0 aliphatic heterocycles. The third kappa shape index (κ3) is 5.36. The molecular formula is C14H25N3O. The summed E-state index contributed by atoms with van der Waals surface area (Å²) in [5.74, 6) is 0. The van der Waals surface area contributed by atoms with Gasteiger partial charge in [-0.1, -0.05) is 6.92 Å². The lowest BCUT2D eigenvalue weighted by Gasteiger charge is -2.20. The van der Waals surface area contributed by atoms with Crippen molar-refractivity contribution in [3.63, 3.8) is 0 Å². The van der Waals surface area contributed by atoms with Crippen LogP contribution in [0.4, 0.5) is 11.4 Å². The molecule has 1 N–H and O–H groups in total. The van der Waals surface area contributed by atoms with Gasteiger partial charge in [0, 0.05) is 20.1 Å². The summed E-state index contributed by atoms with van der Waals surface area (Å²) in [5.41, 5.74) is 2.19. The second-order valence-electron chi connectivity index (χ2n) is 4.70. The molecule has 0 amide bonds. The van der Waals surface area contributed by atoms with Crippen molar-refractivity contribution in [2.75, 3.05) is 37.0 Å². The van der Waals surface area contributed by atoms with Gasteiger partial charge in [0.1, 0.15) is 0 Å². The number of anilines is 2. The molecule has 4 nitrogen and oxygen atoms in total. The van der Waals surface area contributed by atoms with Crippen molar-refractivity contribution in [3.05, 3.63) is 18.5 Å². The molecule has 0 atom stereocenters.